The zero-order chi connectivity index (χ0) is 18.4. The fourth-order valence-corrected chi connectivity index (χ4v) is 3.38. The minimum atomic E-state index is -1.000. The third kappa shape index (κ3) is 6.16. The molecule has 0 radical (unpaired) electrons. The average molecular weight is 372 g/mol. The fraction of sp³-hybridized carbons (Fsp3) is 0.786. The fourth-order valence-electron chi connectivity index (χ4n) is 2.33. The molecular formula is C14H24N6O4S. The molecule has 1 aliphatic rings. The maximum absolute atomic E-state index is 12.5. The number of carbonyl (C=O) groups is 2. The molecule has 25 heavy (non-hydrogen) atoms. The topological polar surface area (TPSA) is 133 Å². The minimum Gasteiger partial charge on any atom is -0.444 e. The number of amides is 2. The first-order valence-corrected chi connectivity index (χ1v) is 9.17. The summed E-state index contributed by atoms with van der Waals surface area (Å²) in [7, 11) is 0. The van der Waals surface area contributed by atoms with Gasteiger partial charge in [-0.15, -0.1) is 10.2 Å². The lowest BCUT2D eigenvalue weighted by atomic mass is 10.2. The van der Waals surface area contributed by atoms with E-state index in [0.717, 1.165) is 5.75 Å². The number of carbonyl (C=O) groups excluding carboxylic acids is 2. The summed E-state index contributed by atoms with van der Waals surface area (Å²) in [5.41, 5.74) is -0.617. The molecule has 2 amide bonds. The van der Waals surface area contributed by atoms with E-state index in [4.69, 9.17) is 4.74 Å². The standard InChI is InChI=1S/C14H24N6O4S/c1-14(2,3)24-13(23)15-7-9(21)6-11(22)20-4-5-25-8-10(20)12-16-18-19-17-12/h9-10,21H,4-8H2,1-3H3,(H,15,23)(H,16,17,18,19). The summed E-state index contributed by atoms with van der Waals surface area (Å²) >= 11 is 1.71. The number of hydrogen-bond acceptors (Lipinski definition) is 8. The second-order valence-electron chi connectivity index (χ2n) is 6.69. The van der Waals surface area contributed by atoms with Crippen molar-refractivity contribution in [3.05, 3.63) is 5.82 Å². The van der Waals surface area contributed by atoms with E-state index in [2.05, 4.69) is 25.9 Å². The molecule has 2 heterocycles. The van der Waals surface area contributed by atoms with Crippen molar-refractivity contribution >= 4 is 23.8 Å². The van der Waals surface area contributed by atoms with Gasteiger partial charge in [-0.25, -0.2) is 4.79 Å². The molecule has 1 fully saturated rings. The first-order chi connectivity index (χ1) is 11.8. The molecule has 3 N–H and O–H groups in total. The van der Waals surface area contributed by atoms with Crippen LogP contribution in [0.25, 0.3) is 0 Å². The molecule has 0 bridgehead atoms. The highest BCUT2D eigenvalue weighted by atomic mass is 32.2. The summed E-state index contributed by atoms with van der Waals surface area (Å²) in [4.78, 5) is 25.8. The molecule has 0 aliphatic carbocycles. The van der Waals surface area contributed by atoms with Gasteiger partial charge in [-0.2, -0.15) is 17.0 Å². The van der Waals surface area contributed by atoms with Crippen molar-refractivity contribution in [3.8, 4) is 0 Å². The van der Waals surface area contributed by atoms with Gasteiger partial charge >= 0.3 is 6.09 Å². The van der Waals surface area contributed by atoms with Gasteiger partial charge in [0.1, 0.15) is 11.6 Å². The number of alkyl carbamates (subject to hydrolysis) is 1. The molecule has 1 aromatic rings. The predicted molar refractivity (Wildman–Crippen MR) is 90.8 cm³/mol. The second-order valence-corrected chi connectivity index (χ2v) is 7.84. The zero-order valence-corrected chi connectivity index (χ0v) is 15.4. The summed E-state index contributed by atoms with van der Waals surface area (Å²) in [6.45, 7) is 5.74. The highest BCUT2D eigenvalue weighted by molar-refractivity contribution is 7.99. The maximum Gasteiger partial charge on any atom is 0.407 e. The molecule has 1 saturated heterocycles. The van der Waals surface area contributed by atoms with Gasteiger partial charge in [0.05, 0.1) is 12.5 Å². The Labute approximate surface area is 150 Å². The molecule has 2 unspecified atom stereocenters. The number of nitrogens with one attached hydrogen (secondary N) is 2. The number of aromatic nitrogens is 4. The molecule has 2 atom stereocenters. The monoisotopic (exact) mass is 372 g/mol. The Hall–Kier alpha value is -1.88. The molecule has 140 valence electrons. The summed E-state index contributed by atoms with van der Waals surface area (Å²) in [5.74, 6) is 1.74. The maximum atomic E-state index is 12.5. The van der Waals surface area contributed by atoms with Gasteiger partial charge in [0.25, 0.3) is 0 Å². The van der Waals surface area contributed by atoms with Crippen LogP contribution in [0, 0.1) is 0 Å². The van der Waals surface area contributed by atoms with Gasteiger partial charge in [-0.1, -0.05) is 5.21 Å². The highest BCUT2D eigenvalue weighted by Crippen LogP contribution is 2.27. The van der Waals surface area contributed by atoms with Crippen LogP contribution in [0.2, 0.25) is 0 Å². The minimum absolute atomic E-state index is 0.0594. The van der Waals surface area contributed by atoms with Gasteiger partial charge in [-0.05, 0) is 20.8 Å². The average Bonchev–Trinajstić information content (AvgIpc) is 3.05. The molecular weight excluding hydrogens is 348 g/mol. The van der Waals surface area contributed by atoms with Crippen molar-refractivity contribution in [1.29, 1.82) is 0 Å². The van der Waals surface area contributed by atoms with E-state index < -0.39 is 17.8 Å². The van der Waals surface area contributed by atoms with Crippen LogP contribution in [-0.4, -0.2) is 78.9 Å². The van der Waals surface area contributed by atoms with E-state index in [1.54, 1.807) is 37.4 Å². The van der Waals surface area contributed by atoms with Crippen LogP contribution >= 0.6 is 11.8 Å². The van der Waals surface area contributed by atoms with Crippen molar-refractivity contribution in [3.63, 3.8) is 0 Å². The summed E-state index contributed by atoms with van der Waals surface area (Å²) in [6.07, 6.45) is -1.73. The van der Waals surface area contributed by atoms with Crippen LogP contribution in [0.5, 0.6) is 0 Å². The molecule has 0 saturated carbocycles. The number of aromatic amines is 1. The Morgan fingerprint density at radius 2 is 2.28 bits per heavy atom. The van der Waals surface area contributed by atoms with Crippen molar-refractivity contribution in [2.75, 3.05) is 24.6 Å². The SMILES string of the molecule is CC(C)(C)OC(=O)NCC(O)CC(=O)N1CCSCC1c1nn[nH]n1. The first kappa shape index (κ1) is 19.4. The van der Waals surface area contributed by atoms with Gasteiger partial charge < -0.3 is 20.1 Å². The van der Waals surface area contributed by atoms with Crippen LogP contribution < -0.4 is 5.32 Å². The van der Waals surface area contributed by atoms with E-state index in [0.29, 0.717) is 18.1 Å². The predicted octanol–water partition coefficient (Wildman–Crippen LogP) is 0.0919. The third-order valence-electron chi connectivity index (χ3n) is 3.40. The smallest absolute Gasteiger partial charge is 0.407 e. The number of nitrogens with zero attached hydrogens (tertiary/aromatic N) is 4. The van der Waals surface area contributed by atoms with E-state index in [1.807, 2.05) is 0 Å². The van der Waals surface area contributed by atoms with Crippen LogP contribution in [0.15, 0.2) is 0 Å². The second kappa shape index (κ2) is 8.48. The van der Waals surface area contributed by atoms with Gasteiger partial charge in [-0.3, -0.25) is 4.79 Å². The summed E-state index contributed by atoms with van der Waals surface area (Å²) < 4.78 is 5.09. The summed E-state index contributed by atoms with van der Waals surface area (Å²) in [5, 5.41) is 26.3. The van der Waals surface area contributed by atoms with Crippen molar-refractivity contribution in [1.82, 2.24) is 30.8 Å². The Kier molecular flexibility index (Phi) is 6.59. The van der Waals surface area contributed by atoms with Gasteiger partial charge in [0, 0.05) is 24.6 Å². The van der Waals surface area contributed by atoms with E-state index in [9.17, 15) is 14.7 Å². The molecule has 11 heteroatoms. The van der Waals surface area contributed by atoms with Crippen LogP contribution in [-0.2, 0) is 9.53 Å². The van der Waals surface area contributed by atoms with Crippen molar-refractivity contribution < 1.29 is 19.4 Å². The quantitative estimate of drug-likeness (QED) is 0.662. The number of tetrazole rings is 1. The number of aliphatic hydroxyl groups is 1. The number of H-pyrrole nitrogens is 1. The first-order valence-electron chi connectivity index (χ1n) is 8.02. The Morgan fingerprint density at radius 3 is 2.92 bits per heavy atom. The molecule has 1 aliphatic heterocycles. The van der Waals surface area contributed by atoms with Crippen LogP contribution in [0.1, 0.15) is 39.1 Å². The molecule has 0 aromatic carbocycles. The Morgan fingerprint density at radius 1 is 1.52 bits per heavy atom. The number of hydrogen-bond donors (Lipinski definition) is 3. The van der Waals surface area contributed by atoms with E-state index in [1.165, 1.54) is 0 Å². The Balaban J connectivity index is 1.84. The largest absolute Gasteiger partial charge is 0.444 e. The number of aliphatic hydroxyl groups excluding tert-OH is 1. The number of rotatable bonds is 5. The van der Waals surface area contributed by atoms with Crippen molar-refractivity contribution in [2.45, 2.75) is 44.9 Å². The lowest BCUT2D eigenvalue weighted by Crippen LogP contribution is -2.44. The third-order valence-corrected chi connectivity index (χ3v) is 4.42. The molecule has 0 spiro atoms. The zero-order valence-electron chi connectivity index (χ0n) is 14.6. The lowest BCUT2D eigenvalue weighted by molar-refractivity contribution is -0.135. The normalized spacial score (nSPS) is 19.4. The number of thioether (sulfide) groups is 1. The van der Waals surface area contributed by atoms with Crippen LogP contribution in [0.3, 0.4) is 0 Å². The van der Waals surface area contributed by atoms with E-state index >= 15 is 0 Å². The highest BCUT2D eigenvalue weighted by Gasteiger charge is 2.32. The molecule has 2 rings (SSSR count). The Bertz CT molecular complexity index is 576. The lowest BCUT2D eigenvalue weighted by Gasteiger charge is -2.34. The summed E-state index contributed by atoms with van der Waals surface area (Å²) in [6, 6.07) is -0.268. The molecule has 1 aromatic heterocycles. The van der Waals surface area contributed by atoms with Crippen LogP contribution in [0.4, 0.5) is 4.79 Å². The number of ether oxygens (including phenoxy) is 1. The van der Waals surface area contributed by atoms with Gasteiger partial charge in [0.15, 0.2) is 5.82 Å². The van der Waals surface area contributed by atoms with Gasteiger partial charge in [0.2, 0.25) is 5.91 Å². The van der Waals surface area contributed by atoms with Crippen molar-refractivity contribution in [2.24, 2.45) is 0 Å². The van der Waals surface area contributed by atoms with E-state index in [-0.39, 0.29) is 24.9 Å². The molecule has 10 nitrogen and oxygen atoms in total.